The van der Waals surface area contributed by atoms with Gasteiger partial charge in [-0.1, -0.05) is 51.2 Å². The van der Waals surface area contributed by atoms with Crippen molar-refractivity contribution in [1.29, 1.82) is 0 Å². The van der Waals surface area contributed by atoms with Gasteiger partial charge in [0.2, 0.25) is 11.8 Å². The Hall–Kier alpha value is -1.70. The molecule has 12 nitrogen and oxygen atoms in total. The highest BCUT2D eigenvalue weighted by Crippen LogP contribution is 2.51. The van der Waals surface area contributed by atoms with Gasteiger partial charge < -0.3 is 15.0 Å². The molecule has 0 bridgehead atoms. The van der Waals surface area contributed by atoms with Gasteiger partial charge in [-0.2, -0.15) is 9.97 Å². The van der Waals surface area contributed by atoms with Crippen LogP contribution in [0.1, 0.15) is 46.6 Å². The Morgan fingerprint density at radius 2 is 1.63 bits per heavy atom. The van der Waals surface area contributed by atoms with E-state index in [1.807, 2.05) is 32.3 Å². The molecule has 1 fully saturated rings. The molecule has 1 aliphatic carbocycles. The molecular weight excluding hydrogens is 553 g/mol. The number of carbonyl (C=O) groups is 2. The van der Waals surface area contributed by atoms with Crippen molar-refractivity contribution in [3.05, 3.63) is 6.33 Å². The Kier molecular flexibility index (Phi) is 11.4. The lowest BCUT2D eigenvalue weighted by molar-refractivity contribution is -0.114. The molecule has 1 saturated carbocycles. The minimum Gasteiger partial charge on any atom is -0.479 e. The number of nitrogens with zero attached hydrogens (tertiary/aromatic N) is 4. The molecule has 38 heavy (non-hydrogen) atoms. The van der Waals surface area contributed by atoms with Crippen LogP contribution < -0.4 is 10.5 Å². The van der Waals surface area contributed by atoms with Crippen molar-refractivity contribution in [2.45, 2.75) is 46.6 Å². The lowest BCUT2D eigenvalue weighted by atomic mass is 9.81. The van der Waals surface area contributed by atoms with Gasteiger partial charge in [0.1, 0.15) is 0 Å². The number of nitrogens with two attached hydrogens (primary N) is 1. The number of anilines is 1. The van der Waals surface area contributed by atoms with Crippen LogP contribution in [0.15, 0.2) is 6.33 Å². The maximum Gasteiger partial charge on any atom is 0.474 e. The Morgan fingerprint density at radius 1 is 1.05 bits per heavy atom. The van der Waals surface area contributed by atoms with Crippen LogP contribution >= 0.6 is 31.3 Å². The SMILES string of the molecule is COc1nc(N)nc2c1ncn2C1CC(COP(=O)(OCCSC(=O)C(C)C)OCCSC(=O)C(C)C)C1. The first-order valence-electron chi connectivity index (χ1n) is 12.4. The van der Waals surface area contributed by atoms with Gasteiger partial charge in [-0.15, -0.1) is 0 Å². The van der Waals surface area contributed by atoms with E-state index < -0.39 is 7.82 Å². The van der Waals surface area contributed by atoms with Gasteiger partial charge in [-0.25, -0.2) is 9.55 Å². The van der Waals surface area contributed by atoms with Crippen LogP contribution in [-0.4, -0.2) is 68.2 Å². The van der Waals surface area contributed by atoms with E-state index >= 15 is 0 Å². The van der Waals surface area contributed by atoms with Crippen molar-refractivity contribution in [2.75, 3.05) is 44.2 Å². The fourth-order valence-electron chi connectivity index (χ4n) is 3.60. The Labute approximate surface area is 231 Å². The summed E-state index contributed by atoms with van der Waals surface area (Å²) in [5, 5.41) is 0.0668. The maximum absolute atomic E-state index is 13.3. The molecule has 212 valence electrons. The molecule has 0 unspecified atom stereocenters. The number of aromatic nitrogens is 4. The minimum absolute atomic E-state index is 0.0334. The zero-order valence-corrected chi connectivity index (χ0v) is 24.9. The van der Waals surface area contributed by atoms with Crippen LogP contribution in [0.25, 0.3) is 11.2 Å². The number of hydrogen-bond acceptors (Lipinski definition) is 13. The van der Waals surface area contributed by atoms with E-state index in [-0.39, 0.29) is 59.8 Å². The Bertz CT molecular complexity index is 1120. The van der Waals surface area contributed by atoms with E-state index in [1.165, 1.54) is 7.11 Å². The number of imidazole rings is 1. The number of fused-ring (bicyclic) bond motifs is 1. The summed E-state index contributed by atoms with van der Waals surface area (Å²) in [7, 11) is -2.38. The lowest BCUT2D eigenvalue weighted by Gasteiger charge is -2.36. The molecule has 0 amide bonds. The molecule has 0 spiro atoms. The van der Waals surface area contributed by atoms with Crippen LogP contribution in [0.5, 0.6) is 5.88 Å². The van der Waals surface area contributed by atoms with Crippen molar-refractivity contribution >= 4 is 58.7 Å². The van der Waals surface area contributed by atoms with E-state index in [1.54, 1.807) is 6.33 Å². The Morgan fingerprint density at radius 3 is 2.16 bits per heavy atom. The molecule has 2 heterocycles. The number of carbonyl (C=O) groups excluding carboxylic acids is 2. The van der Waals surface area contributed by atoms with Crippen molar-refractivity contribution in [3.8, 4) is 5.88 Å². The molecule has 0 saturated heterocycles. The van der Waals surface area contributed by atoms with Crippen LogP contribution in [-0.2, 0) is 27.7 Å². The van der Waals surface area contributed by atoms with Gasteiger partial charge in [0.05, 0.1) is 33.3 Å². The van der Waals surface area contributed by atoms with E-state index in [0.29, 0.717) is 28.5 Å². The summed E-state index contributed by atoms with van der Waals surface area (Å²) in [4.78, 5) is 36.4. The lowest BCUT2D eigenvalue weighted by Crippen LogP contribution is -2.30. The zero-order valence-electron chi connectivity index (χ0n) is 22.3. The molecule has 2 aromatic rings. The third-order valence-electron chi connectivity index (χ3n) is 5.77. The second-order valence-electron chi connectivity index (χ2n) is 9.46. The average Bonchev–Trinajstić information content (AvgIpc) is 3.26. The summed E-state index contributed by atoms with van der Waals surface area (Å²) in [5.74, 6) is 1.02. The van der Waals surface area contributed by atoms with Crippen molar-refractivity contribution in [2.24, 2.45) is 17.8 Å². The van der Waals surface area contributed by atoms with Crippen LogP contribution in [0.4, 0.5) is 5.95 Å². The van der Waals surface area contributed by atoms with E-state index in [9.17, 15) is 14.2 Å². The summed E-state index contributed by atoms with van der Waals surface area (Å²) in [6, 6.07) is 0.116. The first-order valence-corrected chi connectivity index (χ1v) is 15.9. The summed E-state index contributed by atoms with van der Waals surface area (Å²) in [5.41, 5.74) is 6.94. The highest BCUT2D eigenvalue weighted by Gasteiger charge is 2.36. The summed E-state index contributed by atoms with van der Waals surface area (Å²) < 4.78 is 37.2. The van der Waals surface area contributed by atoms with Crippen LogP contribution in [0, 0.1) is 17.8 Å². The normalized spacial score (nSPS) is 17.8. The van der Waals surface area contributed by atoms with Crippen molar-refractivity contribution in [1.82, 2.24) is 19.5 Å². The molecular formula is C23H36N5O7PS2. The van der Waals surface area contributed by atoms with Gasteiger partial charge in [0.15, 0.2) is 21.4 Å². The Balaban J connectivity index is 1.53. The summed E-state index contributed by atoms with van der Waals surface area (Å²) in [6.45, 7) is 7.53. The standard InChI is InChI=1S/C23H36N5O7PS2/c1-14(2)21(29)37-8-6-33-36(31,34-7-9-38-22(30)15(3)4)35-12-16-10-17(11-16)28-13-25-18-19(28)26-23(24)27-20(18)32-5/h13-17H,6-12H2,1-5H3,(H2,24,26,27). The third kappa shape index (κ3) is 8.40. The molecule has 3 rings (SSSR count). The van der Waals surface area contributed by atoms with E-state index in [2.05, 4.69) is 15.0 Å². The maximum atomic E-state index is 13.3. The van der Waals surface area contributed by atoms with E-state index in [4.69, 9.17) is 24.0 Å². The number of methoxy groups -OCH3 is 1. The third-order valence-corrected chi connectivity index (χ3v) is 9.49. The molecule has 2 aromatic heterocycles. The summed E-state index contributed by atoms with van der Waals surface area (Å²) in [6.07, 6.45) is 3.18. The number of phosphoric ester groups is 1. The molecule has 0 aromatic carbocycles. The number of hydrogen-bond donors (Lipinski definition) is 1. The first kappa shape index (κ1) is 30.8. The molecule has 1 aliphatic rings. The molecule has 15 heteroatoms. The quantitative estimate of drug-likeness (QED) is 0.231. The van der Waals surface area contributed by atoms with Crippen LogP contribution in [0.2, 0.25) is 0 Å². The predicted molar refractivity (Wildman–Crippen MR) is 148 cm³/mol. The van der Waals surface area contributed by atoms with Crippen LogP contribution in [0.3, 0.4) is 0 Å². The number of rotatable bonds is 15. The molecule has 0 radical (unpaired) electrons. The fraction of sp³-hybridized carbons (Fsp3) is 0.696. The van der Waals surface area contributed by atoms with Gasteiger partial charge in [-0.3, -0.25) is 23.2 Å². The number of phosphoric acid groups is 1. The predicted octanol–water partition coefficient (Wildman–Crippen LogP) is 4.36. The minimum atomic E-state index is -3.88. The molecule has 0 aliphatic heterocycles. The number of thioether (sulfide) groups is 2. The highest BCUT2D eigenvalue weighted by molar-refractivity contribution is 8.13. The summed E-state index contributed by atoms with van der Waals surface area (Å²) >= 11 is 2.24. The van der Waals surface area contributed by atoms with Gasteiger partial charge in [0.25, 0.3) is 0 Å². The second kappa shape index (κ2) is 14.1. The smallest absolute Gasteiger partial charge is 0.474 e. The van der Waals surface area contributed by atoms with Gasteiger partial charge in [-0.05, 0) is 18.8 Å². The second-order valence-corrected chi connectivity index (χ2v) is 13.3. The van der Waals surface area contributed by atoms with Gasteiger partial charge >= 0.3 is 7.82 Å². The van der Waals surface area contributed by atoms with E-state index in [0.717, 1.165) is 36.4 Å². The number of nitrogen functional groups attached to an aromatic ring is 1. The average molecular weight is 590 g/mol. The van der Waals surface area contributed by atoms with Crippen molar-refractivity contribution in [3.63, 3.8) is 0 Å². The monoisotopic (exact) mass is 589 g/mol. The molecule has 2 N–H and O–H groups in total. The van der Waals surface area contributed by atoms with Crippen molar-refractivity contribution < 1.29 is 32.5 Å². The fourth-order valence-corrected chi connectivity index (χ4v) is 6.50. The molecule has 0 atom stereocenters. The topological polar surface area (TPSA) is 158 Å². The largest absolute Gasteiger partial charge is 0.479 e. The van der Waals surface area contributed by atoms with Gasteiger partial charge in [0, 0.05) is 29.4 Å². The highest BCUT2D eigenvalue weighted by atomic mass is 32.2. The number of ether oxygens (including phenoxy) is 1. The first-order chi connectivity index (χ1) is 18.0. The zero-order chi connectivity index (χ0) is 27.9.